The molecular formula is C7H8N4OS. The van der Waals surface area contributed by atoms with Crippen LogP contribution in [0, 0.1) is 0 Å². The highest BCUT2D eigenvalue weighted by Crippen LogP contribution is 2.17. The lowest BCUT2D eigenvalue weighted by molar-refractivity contribution is 0.391. The maximum absolute atomic E-state index is 5.06. The lowest BCUT2D eigenvalue weighted by Crippen LogP contribution is -2.29. The first-order valence-electron chi connectivity index (χ1n) is 3.69. The van der Waals surface area contributed by atoms with Crippen LogP contribution in [0.4, 0.5) is 0 Å². The van der Waals surface area contributed by atoms with Gasteiger partial charge in [0.1, 0.15) is 6.34 Å². The van der Waals surface area contributed by atoms with Crippen LogP contribution in [0.25, 0.3) is 0 Å². The Bertz CT molecular complexity index is 344. The van der Waals surface area contributed by atoms with E-state index in [-0.39, 0.29) is 6.04 Å². The minimum absolute atomic E-state index is 0.225. The van der Waals surface area contributed by atoms with Crippen molar-refractivity contribution in [1.82, 2.24) is 0 Å². The molecule has 0 amide bonds. The molecule has 6 heteroatoms. The van der Waals surface area contributed by atoms with Crippen molar-refractivity contribution in [3.8, 4) is 0 Å². The van der Waals surface area contributed by atoms with Gasteiger partial charge in [-0.3, -0.25) is 0 Å². The predicted octanol–water partition coefficient (Wildman–Crippen LogP) is 0.573. The zero-order valence-corrected chi connectivity index (χ0v) is 8.08. The number of thioether (sulfide) groups is 1. The van der Waals surface area contributed by atoms with E-state index >= 15 is 0 Å². The monoisotopic (exact) mass is 196 g/mol. The van der Waals surface area contributed by atoms with Gasteiger partial charge in [0.2, 0.25) is 5.90 Å². The minimum Gasteiger partial charge on any atom is -0.482 e. The number of ether oxygens (including phenoxy) is 1. The SMILES string of the molecule is COC1=NC=NC2=NC(SC)=NC21. The molecule has 0 aromatic carbocycles. The fourth-order valence-corrected chi connectivity index (χ4v) is 1.50. The van der Waals surface area contributed by atoms with Crippen molar-refractivity contribution in [2.75, 3.05) is 13.4 Å². The molecule has 1 atom stereocenters. The van der Waals surface area contributed by atoms with Gasteiger partial charge >= 0.3 is 0 Å². The summed E-state index contributed by atoms with van der Waals surface area (Å²) in [7, 11) is 1.57. The van der Waals surface area contributed by atoms with E-state index in [4.69, 9.17) is 4.74 Å². The molecule has 5 nitrogen and oxygen atoms in total. The van der Waals surface area contributed by atoms with Gasteiger partial charge in [-0.05, 0) is 6.26 Å². The molecule has 0 aromatic rings. The zero-order chi connectivity index (χ0) is 9.26. The minimum atomic E-state index is -0.225. The van der Waals surface area contributed by atoms with E-state index in [1.165, 1.54) is 18.1 Å². The number of hydrogen-bond acceptors (Lipinski definition) is 6. The maximum Gasteiger partial charge on any atom is 0.222 e. The molecule has 68 valence electrons. The summed E-state index contributed by atoms with van der Waals surface area (Å²) in [5.41, 5.74) is 0. The second-order valence-corrected chi connectivity index (χ2v) is 3.18. The fraction of sp³-hybridized carbons (Fsp3) is 0.429. The van der Waals surface area contributed by atoms with Crippen molar-refractivity contribution in [3.05, 3.63) is 0 Å². The summed E-state index contributed by atoms with van der Waals surface area (Å²) in [5.74, 6) is 1.22. The number of fused-ring (bicyclic) bond motifs is 1. The maximum atomic E-state index is 5.06. The van der Waals surface area contributed by atoms with Crippen LogP contribution in [-0.2, 0) is 4.74 Å². The third kappa shape index (κ3) is 1.37. The summed E-state index contributed by atoms with van der Waals surface area (Å²) in [6.45, 7) is 0. The van der Waals surface area contributed by atoms with Gasteiger partial charge in [0.25, 0.3) is 0 Å². The molecule has 0 saturated carbocycles. The zero-order valence-electron chi connectivity index (χ0n) is 7.26. The van der Waals surface area contributed by atoms with E-state index in [2.05, 4.69) is 20.0 Å². The number of amidine groups is 2. The van der Waals surface area contributed by atoms with Gasteiger partial charge in [-0.2, -0.15) is 0 Å². The number of nitrogens with zero attached hydrogens (tertiary/aromatic N) is 4. The summed E-state index contributed by atoms with van der Waals surface area (Å²) in [6.07, 6.45) is 3.36. The van der Waals surface area contributed by atoms with Gasteiger partial charge in [0, 0.05) is 0 Å². The number of hydrogen-bond donors (Lipinski definition) is 0. The van der Waals surface area contributed by atoms with Crippen LogP contribution in [0.2, 0.25) is 0 Å². The first kappa shape index (κ1) is 8.43. The highest BCUT2D eigenvalue weighted by atomic mass is 32.2. The van der Waals surface area contributed by atoms with Crippen molar-refractivity contribution < 1.29 is 4.74 Å². The molecule has 0 fully saturated rings. The van der Waals surface area contributed by atoms with Crippen molar-refractivity contribution in [2.24, 2.45) is 20.0 Å². The highest BCUT2D eigenvalue weighted by Gasteiger charge is 2.29. The molecule has 0 N–H and O–H groups in total. The van der Waals surface area contributed by atoms with E-state index in [0.29, 0.717) is 11.7 Å². The van der Waals surface area contributed by atoms with E-state index in [9.17, 15) is 0 Å². The van der Waals surface area contributed by atoms with E-state index in [0.717, 1.165) is 5.17 Å². The Labute approximate surface area is 79.7 Å². The van der Waals surface area contributed by atoms with E-state index in [1.54, 1.807) is 7.11 Å². The van der Waals surface area contributed by atoms with Gasteiger partial charge in [0.05, 0.1) is 7.11 Å². The van der Waals surface area contributed by atoms with E-state index < -0.39 is 0 Å². The third-order valence-corrected chi connectivity index (χ3v) is 2.26. The predicted molar refractivity (Wildman–Crippen MR) is 55.1 cm³/mol. The third-order valence-electron chi connectivity index (χ3n) is 1.69. The topological polar surface area (TPSA) is 58.7 Å². The Morgan fingerprint density at radius 2 is 2.38 bits per heavy atom. The Kier molecular flexibility index (Phi) is 2.13. The van der Waals surface area contributed by atoms with Gasteiger partial charge in [-0.1, -0.05) is 11.8 Å². The summed E-state index contributed by atoms with van der Waals surface area (Å²) in [4.78, 5) is 16.5. The average Bonchev–Trinajstić information content (AvgIpc) is 2.59. The summed E-state index contributed by atoms with van der Waals surface area (Å²) < 4.78 is 5.06. The van der Waals surface area contributed by atoms with E-state index in [1.807, 2.05) is 6.26 Å². The van der Waals surface area contributed by atoms with Crippen LogP contribution in [0.3, 0.4) is 0 Å². The van der Waals surface area contributed by atoms with Gasteiger partial charge < -0.3 is 4.74 Å². The normalized spacial score (nSPS) is 24.8. The number of methoxy groups -OCH3 is 1. The van der Waals surface area contributed by atoms with Crippen LogP contribution in [0.15, 0.2) is 20.0 Å². The molecule has 2 aliphatic heterocycles. The Balaban J connectivity index is 2.32. The quantitative estimate of drug-likeness (QED) is 0.568. The number of aliphatic imine (C=N–C) groups is 4. The van der Waals surface area contributed by atoms with Crippen LogP contribution in [0.5, 0.6) is 0 Å². The standard InChI is InChI=1S/C7H8N4OS/c1-12-6-4-5(8-3-9-6)11-7(10-4)13-2/h3-4H,1-2H3. The van der Waals surface area contributed by atoms with Crippen molar-refractivity contribution >= 4 is 35.0 Å². The molecule has 0 aromatic heterocycles. The molecular weight excluding hydrogens is 188 g/mol. The molecule has 0 aliphatic carbocycles. The fourth-order valence-electron chi connectivity index (χ4n) is 1.10. The summed E-state index contributed by atoms with van der Waals surface area (Å²) in [5, 5.41) is 0.726. The second kappa shape index (κ2) is 3.29. The lowest BCUT2D eigenvalue weighted by Gasteiger charge is -2.11. The molecule has 0 radical (unpaired) electrons. The van der Waals surface area contributed by atoms with Crippen LogP contribution in [0.1, 0.15) is 0 Å². The summed E-state index contributed by atoms with van der Waals surface area (Å²) in [6, 6.07) is -0.225. The molecule has 0 saturated heterocycles. The van der Waals surface area contributed by atoms with Crippen LogP contribution >= 0.6 is 11.8 Å². The van der Waals surface area contributed by atoms with Crippen molar-refractivity contribution in [3.63, 3.8) is 0 Å². The van der Waals surface area contributed by atoms with Gasteiger partial charge in [-0.25, -0.2) is 20.0 Å². The molecule has 2 heterocycles. The lowest BCUT2D eigenvalue weighted by atomic mass is 10.3. The average molecular weight is 196 g/mol. The van der Waals surface area contributed by atoms with Crippen molar-refractivity contribution in [2.45, 2.75) is 6.04 Å². The molecule has 2 rings (SSSR count). The summed E-state index contributed by atoms with van der Waals surface area (Å²) >= 11 is 1.49. The van der Waals surface area contributed by atoms with Crippen molar-refractivity contribution in [1.29, 1.82) is 0 Å². The van der Waals surface area contributed by atoms with Crippen LogP contribution in [-0.4, -0.2) is 42.6 Å². The largest absolute Gasteiger partial charge is 0.482 e. The first-order chi connectivity index (χ1) is 6.35. The Hall–Kier alpha value is -1.17. The Morgan fingerprint density at radius 1 is 1.54 bits per heavy atom. The molecule has 1 unspecified atom stereocenters. The number of rotatable bonds is 0. The molecule has 0 bridgehead atoms. The van der Waals surface area contributed by atoms with Gasteiger partial charge in [0.15, 0.2) is 17.0 Å². The molecule has 2 aliphatic rings. The highest BCUT2D eigenvalue weighted by molar-refractivity contribution is 8.13. The molecule has 13 heavy (non-hydrogen) atoms. The molecule has 0 spiro atoms. The Morgan fingerprint density at radius 3 is 3.08 bits per heavy atom. The second-order valence-electron chi connectivity index (χ2n) is 2.40. The van der Waals surface area contributed by atoms with Crippen LogP contribution < -0.4 is 0 Å². The smallest absolute Gasteiger partial charge is 0.222 e. The van der Waals surface area contributed by atoms with Gasteiger partial charge in [-0.15, -0.1) is 0 Å². The first-order valence-corrected chi connectivity index (χ1v) is 4.92.